The van der Waals surface area contributed by atoms with Gasteiger partial charge in [0.25, 0.3) is 10.0 Å². The second kappa shape index (κ2) is 9.82. The predicted molar refractivity (Wildman–Crippen MR) is 134 cm³/mol. The van der Waals surface area contributed by atoms with Crippen LogP contribution in [0.4, 0.5) is 5.69 Å². The van der Waals surface area contributed by atoms with Gasteiger partial charge >= 0.3 is 5.97 Å². The molecule has 0 aromatic heterocycles. The summed E-state index contributed by atoms with van der Waals surface area (Å²) in [6.07, 6.45) is 5.14. The number of fused-ring (bicyclic) bond motifs is 1. The van der Waals surface area contributed by atoms with E-state index in [0.717, 1.165) is 24.0 Å². The number of anilines is 1. The van der Waals surface area contributed by atoms with Crippen molar-refractivity contribution in [2.75, 3.05) is 10.8 Å². The Balaban J connectivity index is 1.73. The fourth-order valence-corrected chi connectivity index (χ4v) is 6.77. The molecule has 0 spiro atoms. The van der Waals surface area contributed by atoms with E-state index in [2.05, 4.69) is 19.9 Å². The molecule has 0 saturated heterocycles. The summed E-state index contributed by atoms with van der Waals surface area (Å²) < 4.78 is 34.9. The van der Waals surface area contributed by atoms with Crippen LogP contribution < -0.4 is 9.04 Å². The highest BCUT2D eigenvalue weighted by atomic mass is 32.2. The third-order valence-electron chi connectivity index (χ3n) is 6.57. The van der Waals surface area contributed by atoms with Crippen molar-refractivity contribution in [3.63, 3.8) is 0 Å². The van der Waals surface area contributed by atoms with E-state index in [0.29, 0.717) is 23.3 Å². The first kappa shape index (κ1) is 24.3. The molecule has 4 rings (SSSR count). The summed E-state index contributed by atoms with van der Waals surface area (Å²) in [4.78, 5) is 11.3. The molecule has 3 atom stereocenters. The molecule has 2 aromatic rings. The normalized spacial score (nSPS) is 23.9. The van der Waals surface area contributed by atoms with Crippen molar-refractivity contribution in [2.45, 2.75) is 63.9 Å². The zero-order chi connectivity index (χ0) is 24.5. The minimum absolute atomic E-state index is 0.0741. The number of allylic oxidation sites excluding steroid dienone is 1. The molecule has 1 fully saturated rings. The topological polar surface area (TPSA) is 83.9 Å². The number of benzene rings is 2. The summed E-state index contributed by atoms with van der Waals surface area (Å²) in [5.74, 6) is 0.819. The number of aryl methyl sites for hydroxylation is 1. The van der Waals surface area contributed by atoms with Crippen LogP contribution in [0.1, 0.15) is 57.1 Å². The Bertz CT molecular complexity index is 1190. The van der Waals surface area contributed by atoms with Gasteiger partial charge in [0.1, 0.15) is 11.9 Å². The molecule has 2 aliphatic rings. The van der Waals surface area contributed by atoms with E-state index in [-0.39, 0.29) is 24.3 Å². The molecule has 1 saturated carbocycles. The maximum atomic E-state index is 13.7. The monoisotopic (exact) mass is 483 g/mol. The molecular formula is C27H33NO5S. The fourth-order valence-electron chi connectivity index (χ4n) is 5.17. The van der Waals surface area contributed by atoms with Gasteiger partial charge in [-0.25, -0.2) is 8.42 Å². The molecule has 2 aromatic carbocycles. The maximum absolute atomic E-state index is 13.7. The van der Waals surface area contributed by atoms with E-state index in [1.54, 1.807) is 18.2 Å². The van der Waals surface area contributed by atoms with Crippen LogP contribution in [-0.4, -0.2) is 32.1 Å². The number of rotatable bonds is 6. The highest BCUT2D eigenvalue weighted by molar-refractivity contribution is 7.92. The second-order valence-corrected chi connectivity index (χ2v) is 11.8. The van der Waals surface area contributed by atoms with Crippen LogP contribution in [0, 0.1) is 18.8 Å². The smallest absolute Gasteiger partial charge is 0.303 e. The number of carboxylic acids is 1. The summed E-state index contributed by atoms with van der Waals surface area (Å²) >= 11 is 0. The third-order valence-corrected chi connectivity index (χ3v) is 8.35. The summed E-state index contributed by atoms with van der Waals surface area (Å²) in [6, 6.07) is 12.5. The van der Waals surface area contributed by atoms with Gasteiger partial charge in [-0.15, -0.1) is 0 Å². The molecule has 1 N–H and O–H groups in total. The number of nitrogens with zero attached hydrogens (tertiary/aromatic N) is 1. The Labute approximate surface area is 202 Å². The molecule has 6 nitrogen and oxygen atoms in total. The van der Waals surface area contributed by atoms with E-state index >= 15 is 0 Å². The van der Waals surface area contributed by atoms with Gasteiger partial charge in [-0.3, -0.25) is 9.10 Å². The van der Waals surface area contributed by atoms with Crippen molar-refractivity contribution in [3.05, 3.63) is 59.2 Å². The van der Waals surface area contributed by atoms with Crippen molar-refractivity contribution in [1.82, 2.24) is 0 Å². The predicted octanol–water partition coefficient (Wildman–Crippen LogP) is 5.66. The van der Waals surface area contributed by atoms with Crippen molar-refractivity contribution < 1.29 is 23.1 Å². The fraction of sp³-hybridized carbons (Fsp3) is 0.444. The molecule has 0 amide bonds. The highest BCUT2D eigenvalue weighted by Gasteiger charge is 2.35. The molecule has 0 radical (unpaired) electrons. The average Bonchev–Trinajstić information content (AvgIpc) is 2.76. The van der Waals surface area contributed by atoms with Gasteiger partial charge in [-0.2, -0.15) is 0 Å². The summed E-state index contributed by atoms with van der Waals surface area (Å²) in [5, 5.41) is 9.11. The van der Waals surface area contributed by atoms with E-state index in [4.69, 9.17) is 9.84 Å². The average molecular weight is 484 g/mol. The van der Waals surface area contributed by atoms with E-state index in [9.17, 15) is 13.2 Å². The largest absolute Gasteiger partial charge is 0.486 e. The van der Waals surface area contributed by atoms with Gasteiger partial charge in [0.2, 0.25) is 0 Å². The van der Waals surface area contributed by atoms with Crippen LogP contribution in [0.15, 0.2) is 52.9 Å². The summed E-state index contributed by atoms with van der Waals surface area (Å²) in [6.45, 7) is 6.48. The standard InChI is InChI=1S/C27H33NO5S/c1-18-5-4-6-24(14-18)34(31,32)28-17-23(8-10-27(29)30)33-26-9-7-21(16-25(26)28)15-22-12-19(2)11-20(3)13-22/h4-7,9,14-16,19-20,23H,8,10-13,17H2,1-3H3,(H,29,30)/t19-,20+,23-/m0/s1. The van der Waals surface area contributed by atoms with Crippen LogP contribution in [0.5, 0.6) is 5.75 Å². The number of sulfonamides is 1. The molecule has 182 valence electrons. The molecule has 1 heterocycles. The zero-order valence-electron chi connectivity index (χ0n) is 20.0. The molecule has 34 heavy (non-hydrogen) atoms. The van der Waals surface area contributed by atoms with Gasteiger partial charge in [-0.1, -0.05) is 43.7 Å². The first-order valence-electron chi connectivity index (χ1n) is 11.9. The van der Waals surface area contributed by atoms with Gasteiger partial charge in [0.15, 0.2) is 0 Å². The molecule has 1 aliphatic carbocycles. The number of ether oxygens (including phenoxy) is 1. The third kappa shape index (κ3) is 5.46. The summed E-state index contributed by atoms with van der Waals surface area (Å²) in [5.41, 5.74) is 3.69. The van der Waals surface area contributed by atoms with Crippen molar-refractivity contribution in [2.24, 2.45) is 11.8 Å². The van der Waals surface area contributed by atoms with Gasteiger partial charge < -0.3 is 9.84 Å². The Hall–Kier alpha value is -2.80. The first-order chi connectivity index (χ1) is 16.1. The van der Waals surface area contributed by atoms with E-state index in [1.807, 2.05) is 31.2 Å². The van der Waals surface area contributed by atoms with Gasteiger partial charge in [0.05, 0.1) is 17.1 Å². The number of aliphatic carboxylic acids is 1. The summed E-state index contributed by atoms with van der Waals surface area (Å²) in [7, 11) is -3.85. The first-order valence-corrected chi connectivity index (χ1v) is 13.4. The number of carbonyl (C=O) groups is 1. The number of hydrogen-bond donors (Lipinski definition) is 1. The Morgan fingerprint density at radius 2 is 1.88 bits per heavy atom. The van der Waals surface area contributed by atoms with Crippen molar-refractivity contribution in [3.8, 4) is 5.75 Å². The van der Waals surface area contributed by atoms with Crippen LogP contribution in [0.2, 0.25) is 0 Å². The lowest BCUT2D eigenvalue weighted by Gasteiger charge is -2.35. The van der Waals surface area contributed by atoms with Crippen LogP contribution in [-0.2, 0) is 14.8 Å². The maximum Gasteiger partial charge on any atom is 0.303 e. The molecule has 0 bridgehead atoms. The SMILES string of the molecule is Cc1cccc(S(=O)(=O)N2C[C@H](CCC(=O)O)Oc3ccc(C=C4C[C@@H](C)C[C@@H](C)C4)cc32)c1. The van der Waals surface area contributed by atoms with Gasteiger partial charge in [0, 0.05) is 6.42 Å². The van der Waals surface area contributed by atoms with E-state index < -0.39 is 22.1 Å². The van der Waals surface area contributed by atoms with Crippen molar-refractivity contribution >= 4 is 27.8 Å². The highest BCUT2D eigenvalue weighted by Crippen LogP contribution is 2.40. The molecule has 1 aliphatic heterocycles. The number of hydrogen-bond acceptors (Lipinski definition) is 4. The lowest BCUT2D eigenvalue weighted by atomic mass is 9.80. The lowest BCUT2D eigenvalue weighted by molar-refractivity contribution is -0.137. The zero-order valence-corrected chi connectivity index (χ0v) is 20.8. The quantitative estimate of drug-likeness (QED) is 0.573. The molecule has 7 heteroatoms. The van der Waals surface area contributed by atoms with Gasteiger partial charge in [-0.05, 0) is 79.8 Å². The lowest BCUT2D eigenvalue weighted by Crippen LogP contribution is -2.43. The molecule has 0 unspecified atom stereocenters. The van der Waals surface area contributed by atoms with Crippen LogP contribution in [0.25, 0.3) is 6.08 Å². The second-order valence-electron chi connectivity index (χ2n) is 9.91. The Kier molecular flexibility index (Phi) is 7.03. The van der Waals surface area contributed by atoms with Crippen LogP contribution in [0.3, 0.4) is 0 Å². The Morgan fingerprint density at radius 1 is 1.15 bits per heavy atom. The number of carboxylic acid groups (broad SMARTS) is 1. The van der Waals surface area contributed by atoms with E-state index in [1.165, 1.54) is 16.3 Å². The minimum atomic E-state index is -3.85. The van der Waals surface area contributed by atoms with Crippen molar-refractivity contribution in [1.29, 1.82) is 0 Å². The Morgan fingerprint density at radius 3 is 2.56 bits per heavy atom. The minimum Gasteiger partial charge on any atom is -0.486 e. The van der Waals surface area contributed by atoms with Crippen LogP contribution >= 0.6 is 0 Å². The molecular weight excluding hydrogens is 450 g/mol.